The number of aromatic nitrogens is 1. The van der Waals surface area contributed by atoms with E-state index in [0.717, 1.165) is 17.2 Å². The highest BCUT2D eigenvalue weighted by Crippen LogP contribution is 2.20. The first kappa shape index (κ1) is 35.9. The zero-order valence-electron chi connectivity index (χ0n) is 26.9. The van der Waals surface area contributed by atoms with E-state index in [2.05, 4.69) is 21.1 Å². The first-order valence-corrected chi connectivity index (χ1v) is 15.2. The monoisotopic (exact) mass is 636 g/mol. The van der Waals surface area contributed by atoms with Crippen molar-refractivity contribution in [1.29, 1.82) is 0 Å². The van der Waals surface area contributed by atoms with Crippen LogP contribution in [0.4, 0.5) is 4.79 Å². The Morgan fingerprint density at radius 3 is 2.02 bits per heavy atom. The van der Waals surface area contributed by atoms with Crippen LogP contribution in [0.2, 0.25) is 0 Å². The van der Waals surface area contributed by atoms with Crippen LogP contribution in [0.1, 0.15) is 62.7 Å². The van der Waals surface area contributed by atoms with E-state index in [0.29, 0.717) is 0 Å². The molecule has 0 aliphatic heterocycles. The van der Waals surface area contributed by atoms with Crippen LogP contribution in [0.15, 0.2) is 71.3 Å². The third-order valence-electron chi connectivity index (χ3n) is 7.14. The second kappa shape index (κ2) is 16.7. The van der Waals surface area contributed by atoms with Gasteiger partial charge >= 0.3 is 6.09 Å². The molecule has 0 aliphatic carbocycles. The minimum atomic E-state index is -1.18. The van der Waals surface area contributed by atoms with Gasteiger partial charge in [0.15, 0.2) is 0 Å². The van der Waals surface area contributed by atoms with Crippen LogP contribution >= 0.6 is 0 Å². The van der Waals surface area contributed by atoms with Gasteiger partial charge in [-0.25, -0.2) is 4.79 Å². The minimum Gasteiger partial charge on any atom is -0.491 e. The highest BCUT2D eigenvalue weighted by atomic mass is 16.6. The predicted octanol–water partition coefficient (Wildman–Crippen LogP) is 3.57. The Morgan fingerprint density at radius 1 is 0.913 bits per heavy atom. The van der Waals surface area contributed by atoms with Gasteiger partial charge in [0.25, 0.3) is 5.88 Å². The molecule has 2 aromatic carbocycles. The number of nitrogens with zero attached hydrogens (tertiary/aromatic N) is 1. The number of ether oxygens (including phenoxy) is 1. The standard InChI is InChI=1S/C34H44N4O8/c1-21(2)30(35-20-27(40)28-19-29(41)38-46-28)32(43)37-31(42)24(16-22-12-8-6-9-13-22)18-26(39)25(17-23-14-10-7-11-15-23)36-33(44)45-34(3,4)5/h6-15,19,21,24-26,30,35,39H,16-18,20H2,1-5H3,(H,36,44)(H,38,41)(H,37,42,43)/t24?,25-,26-,30+/m0/s1. The molecule has 3 amide bonds. The smallest absolute Gasteiger partial charge is 0.407 e. The summed E-state index contributed by atoms with van der Waals surface area (Å²) in [7, 11) is 0. The molecule has 5 N–H and O–H groups in total. The molecule has 0 radical (unpaired) electrons. The number of aliphatic hydroxyl groups excluding tert-OH is 1. The summed E-state index contributed by atoms with van der Waals surface area (Å²) in [5, 5.41) is 32.2. The van der Waals surface area contributed by atoms with Crippen LogP contribution in [0.3, 0.4) is 0 Å². The van der Waals surface area contributed by atoms with Crippen LogP contribution in [-0.2, 0) is 27.2 Å². The molecular weight excluding hydrogens is 592 g/mol. The molecule has 0 bridgehead atoms. The number of aliphatic hydroxyl groups is 1. The van der Waals surface area contributed by atoms with Gasteiger partial charge in [0.2, 0.25) is 23.4 Å². The summed E-state index contributed by atoms with van der Waals surface area (Å²) in [5.74, 6) is -3.57. The predicted molar refractivity (Wildman–Crippen MR) is 170 cm³/mol. The number of nitrogens with one attached hydrogen (secondary N) is 3. The largest absolute Gasteiger partial charge is 0.491 e. The molecule has 0 spiro atoms. The van der Waals surface area contributed by atoms with Crippen LogP contribution in [0.5, 0.6) is 5.88 Å². The van der Waals surface area contributed by atoms with Crippen molar-refractivity contribution < 1.29 is 38.7 Å². The molecule has 1 unspecified atom stereocenters. The lowest BCUT2D eigenvalue weighted by Gasteiger charge is -2.29. The van der Waals surface area contributed by atoms with Crippen LogP contribution in [-0.4, -0.2) is 69.4 Å². The lowest BCUT2D eigenvalue weighted by molar-refractivity contribution is -0.135. The fraction of sp³-hybridized carbons (Fsp3) is 0.441. The van der Waals surface area contributed by atoms with Gasteiger partial charge in [0, 0.05) is 5.92 Å². The molecule has 248 valence electrons. The number of aromatic hydroxyl groups is 1. The SMILES string of the molecule is CC(C)[C@@H](NCC(=O)c1cc(O)no1)C(=O)NC(=O)C(Cc1ccccc1)C[C@H](O)[C@H](Cc1ccccc1)NC(=O)OC(C)(C)C. The van der Waals surface area contributed by atoms with Gasteiger partial charge in [-0.1, -0.05) is 74.5 Å². The summed E-state index contributed by atoms with van der Waals surface area (Å²) in [6, 6.07) is 17.9. The molecule has 1 heterocycles. The summed E-state index contributed by atoms with van der Waals surface area (Å²) in [4.78, 5) is 52.2. The fourth-order valence-corrected chi connectivity index (χ4v) is 4.87. The number of imide groups is 1. The molecule has 3 aromatic rings. The Morgan fingerprint density at radius 2 is 1.50 bits per heavy atom. The van der Waals surface area contributed by atoms with Crippen molar-refractivity contribution >= 4 is 23.7 Å². The number of rotatable bonds is 15. The van der Waals surface area contributed by atoms with Gasteiger partial charge in [0.05, 0.1) is 30.8 Å². The zero-order valence-corrected chi connectivity index (χ0v) is 26.9. The van der Waals surface area contributed by atoms with E-state index in [-0.39, 0.29) is 37.5 Å². The summed E-state index contributed by atoms with van der Waals surface area (Å²) < 4.78 is 10.2. The molecule has 4 atom stereocenters. The van der Waals surface area contributed by atoms with E-state index in [1.54, 1.807) is 34.6 Å². The second-order valence-corrected chi connectivity index (χ2v) is 12.6. The molecule has 12 nitrogen and oxygen atoms in total. The topological polar surface area (TPSA) is 180 Å². The number of hydrogen-bond donors (Lipinski definition) is 5. The number of carbonyl (C=O) groups excluding carboxylic acids is 4. The molecule has 3 rings (SSSR count). The van der Waals surface area contributed by atoms with Crippen LogP contribution in [0.25, 0.3) is 0 Å². The number of carbonyl (C=O) groups is 4. The van der Waals surface area contributed by atoms with Gasteiger partial charge in [-0.3, -0.25) is 25.0 Å². The Labute approximate surface area is 268 Å². The summed E-state index contributed by atoms with van der Waals surface area (Å²) in [5.41, 5.74) is 0.925. The molecule has 0 fully saturated rings. The summed E-state index contributed by atoms with van der Waals surface area (Å²) >= 11 is 0. The lowest BCUT2D eigenvalue weighted by atomic mass is 9.88. The highest BCUT2D eigenvalue weighted by molar-refractivity contribution is 6.00. The van der Waals surface area contributed by atoms with Crippen molar-refractivity contribution in [2.24, 2.45) is 11.8 Å². The van der Waals surface area contributed by atoms with Crippen LogP contribution in [0, 0.1) is 11.8 Å². The maximum atomic E-state index is 13.7. The second-order valence-electron chi connectivity index (χ2n) is 12.6. The maximum absolute atomic E-state index is 13.7. The molecule has 46 heavy (non-hydrogen) atoms. The van der Waals surface area contributed by atoms with Gasteiger partial charge in [0.1, 0.15) is 5.60 Å². The Kier molecular flexibility index (Phi) is 13.0. The first-order valence-electron chi connectivity index (χ1n) is 15.2. The van der Waals surface area contributed by atoms with E-state index in [9.17, 15) is 29.4 Å². The maximum Gasteiger partial charge on any atom is 0.407 e. The van der Waals surface area contributed by atoms with Crippen molar-refractivity contribution in [1.82, 2.24) is 21.1 Å². The van der Waals surface area contributed by atoms with Gasteiger partial charge in [-0.2, -0.15) is 0 Å². The number of alkyl carbamates (subject to hydrolysis) is 1. The van der Waals surface area contributed by atoms with Crippen LogP contribution < -0.4 is 16.0 Å². The molecular formula is C34H44N4O8. The summed E-state index contributed by atoms with van der Waals surface area (Å²) in [6.45, 7) is 8.42. The third kappa shape index (κ3) is 11.8. The van der Waals surface area contributed by atoms with E-state index in [1.165, 1.54) is 0 Å². The number of ketones is 1. The number of benzene rings is 2. The van der Waals surface area contributed by atoms with Gasteiger partial charge in [-0.05, 0) is 62.2 Å². The van der Waals surface area contributed by atoms with Crippen molar-refractivity contribution in [3.63, 3.8) is 0 Å². The average Bonchev–Trinajstić information content (AvgIpc) is 3.42. The summed E-state index contributed by atoms with van der Waals surface area (Å²) in [6.07, 6.45) is -1.47. The van der Waals surface area contributed by atoms with E-state index in [1.807, 2.05) is 60.7 Å². The number of amides is 3. The van der Waals surface area contributed by atoms with E-state index in [4.69, 9.17) is 9.26 Å². The average molecular weight is 637 g/mol. The zero-order chi connectivity index (χ0) is 33.9. The van der Waals surface area contributed by atoms with Crippen molar-refractivity contribution in [2.45, 2.75) is 77.7 Å². The molecule has 0 saturated heterocycles. The molecule has 0 aliphatic rings. The third-order valence-corrected chi connectivity index (χ3v) is 7.14. The Hall–Kier alpha value is -4.55. The van der Waals surface area contributed by atoms with Gasteiger partial charge in [-0.15, -0.1) is 0 Å². The fourth-order valence-electron chi connectivity index (χ4n) is 4.87. The Bertz CT molecular complexity index is 1440. The minimum absolute atomic E-state index is 0.0748. The van der Waals surface area contributed by atoms with Crippen molar-refractivity contribution in [3.8, 4) is 5.88 Å². The molecule has 1 aromatic heterocycles. The molecule has 12 heteroatoms. The van der Waals surface area contributed by atoms with E-state index >= 15 is 0 Å². The quantitative estimate of drug-likeness (QED) is 0.155. The first-order chi connectivity index (χ1) is 21.7. The van der Waals surface area contributed by atoms with E-state index < -0.39 is 59.3 Å². The number of Topliss-reactive ketones (excluding diaryl/α,β-unsaturated/α-hetero) is 1. The highest BCUT2D eigenvalue weighted by Gasteiger charge is 2.32. The normalized spacial score (nSPS) is 14.2. The van der Waals surface area contributed by atoms with Gasteiger partial charge < -0.3 is 24.8 Å². The van der Waals surface area contributed by atoms with Crippen molar-refractivity contribution in [3.05, 3.63) is 83.6 Å². The lowest BCUT2D eigenvalue weighted by Crippen LogP contribution is -2.52. The Balaban J connectivity index is 1.77. The molecule has 0 saturated carbocycles. The van der Waals surface area contributed by atoms with Crippen molar-refractivity contribution in [2.75, 3.05) is 6.54 Å². The number of hydrogen-bond acceptors (Lipinski definition) is 10.